The molecule has 1 unspecified atom stereocenters. The summed E-state index contributed by atoms with van der Waals surface area (Å²) in [6.07, 6.45) is 1.01. The zero-order valence-corrected chi connectivity index (χ0v) is 10.8. The van der Waals surface area contributed by atoms with Crippen LogP contribution in [-0.2, 0) is 9.59 Å². The molecule has 1 aromatic rings. The zero-order valence-electron chi connectivity index (χ0n) is 10.8. The molecule has 0 bridgehead atoms. The summed E-state index contributed by atoms with van der Waals surface area (Å²) in [5.41, 5.74) is 0.720. The van der Waals surface area contributed by atoms with Crippen molar-refractivity contribution in [2.24, 2.45) is 5.92 Å². The maximum absolute atomic E-state index is 11.8. The van der Waals surface area contributed by atoms with Crippen LogP contribution in [0.5, 0.6) is 5.75 Å². The normalized spacial score (nSPS) is 18.7. The first-order chi connectivity index (χ1) is 9.11. The molecule has 5 nitrogen and oxygen atoms in total. The van der Waals surface area contributed by atoms with Gasteiger partial charge in [-0.3, -0.25) is 9.59 Å². The number of amides is 1. The standard InChI is InChI=1S/C14H17NO4/c1-2-7-19-12-5-3-11(4-6-12)15-9-10(14(17)18)8-13(15)16/h3-6,10H,2,7-9H2,1H3,(H,17,18). The molecular weight excluding hydrogens is 246 g/mol. The summed E-state index contributed by atoms with van der Waals surface area (Å²) < 4.78 is 5.46. The van der Waals surface area contributed by atoms with E-state index < -0.39 is 11.9 Å². The van der Waals surface area contributed by atoms with Gasteiger partial charge in [0.15, 0.2) is 0 Å². The highest BCUT2D eigenvalue weighted by atomic mass is 16.5. The molecule has 0 aromatic heterocycles. The lowest BCUT2D eigenvalue weighted by atomic mass is 10.1. The molecule has 19 heavy (non-hydrogen) atoms. The number of nitrogens with zero attached hydrogens (tertiary/aromatic N) is 1. The number of hydrogen-bond donors (Lipinski definition) is 1. The number of anilines is 1. The van der Waals surface area contributed by atoms with Crippen molar-refractivity contribution in [2.45, 2.75) is 19.8 Å². The summed E-state index contributed by atoms with van der Waals surface area (Å²) in [5.74, 6) is -0.913. The molecule has 2 rings (SSSR count). The maximum Gasteiger partial charge on any atom is 0.308 e. The Hall–Kier alpha value is -2.04. The van der Waals surface area contributed by atoms with E-state index >= 15 is 0 Å². The van der Waals surface area contributed by atoms with Gasteiger partial charge in [0.2, 0.25) is 5.91 Å². The number of aliphatic carboxylic acids is 1. The molecule has 1 aliphatic rings. The minimum atomic E-state index is -0.918. The van der Waals surface area contributed by atoms with Crippen LogP contribution in [0.4, 0.5) is 5.69 Å². The fourth-order valence-corrected chi connectivity index (χ4v) is 2.06. The molecule has 1 atom stereocenters. The van der Waals surface area contributed by atoms with Crippen LogP contribution in [-0.4, -0.2) is 30.1 Å². The molecule has 0 aliphatic carbocycles. The van der Waals surface area contributed by atoms with Gasteiger partial charge >= 0.3 is 5.97 Å². The minimum absolute atomic E-state index is 0.0728. The van der Waals surface area contributed by atoms with Gasteiger partial charge in [0, 0.05) is 18.7 Å². The van der Waals surface area contributed by atoms with Crippen molar-refractivity contribution >= 4 is 17.6 Å². The van der Waals surface area contributed by atoms with E-state index in [4.69, 9.17) is 9.84 Å². The second-order valence-corrected chi connectivity index (χ2v) is 4.59. The summed E-state index contributed by atoms with van der Waals surface area (Å²) in [6, 6.07) is 7.17. The largest absolute Gasteiger partial charge is 0.494 e. The third-order valence-corrected chi connectivity index (χ3v) is 3.10. The van der Waals surface area contributed by atoms with Crippen molar-refractivity contribution in [1.82, 2.24) is 0 Å². The molecule has 1 N–H and O–H groups in total. The minimum Gasteiger partial charge on any atom is -0.494 e. The van der Waals surface area contributed by atoms with E-state index in [0.717, 1.165) is 17.9 Å². The molecule has 1 aromatic carbocycles. The molecule has 1 fully saturated rings. The van der Waals surface area contributed by atoms with Crippen molar-refractivity contribution in [3.05, 3.63) is 24.3 Å². The Bertz CT molecular complexity index is 469. The third-order valence-electron chi connectivity index (χ3n) is 3.10. The number of carbonyl (C=O) groups excluding carboxylic acids is 1. The highest BCUT2D eigenvalue weighted by molar-refractivity contribution is 5.99. The highest BCUT2D eigenvalue weighted by Crippen LogP contribution is 2.26. The second kappa shape index (κ2) is 5.73. The van der Waals surface area contributed by atoms with Crippen LogP contribution in [0.1, 0.15) is 19.8 Å². The average Bonchev–Trinajstić information content (AvgIpc) is 2.79. The van der Waals surface area contributed by atoms with Gasteiger partial charge < -0.3 is 14.7 Å². The summed E-state index contributed by atoms with van der Waals surface area (Å²) in [6.45, 7) is 2.93. The predicted molar refractivity (Wildman–Crippen MR) is 70.3 cm³/mol. The smallest absolute Gasteiger partial charge is 0.308 e. The molecule has 1 heterocycles. The fourth-order valence-electron chi connectivity index (χ4n) is 2.06. The highest BCUT2D eigenvalue weighted by Gasteiger charge is 2.34. The Kier molecular flexibility index (Phi) is 4.04. The first-order valence-corrected chi connectivity index (χ1v) is 6.38. The maximum atomic E-state index is 11.8. The lowest BCUT2D eigenvalue weighted by Gasteiger charge is -2.16. The van der Waals surface area contributed by atoms with Crippen LogP contribution in [0.25, 0.3) is 0 Å². The molecule has 0 radical (unpaired) electrons. The van der Waals surface area contributed by atoms with E-state index in [0.29, 0.717) is 6.61 Å². The van der Waals surface area contributed by atoms with E-state index in [9.17, 15) is 9.59 Å². The van der Waals surface area contributed by atoms with Gasteiger partial charge in [0.25, 0.3) is 0 Å². The van der Waals surface area contributed by atoms with Gasteiger partial charge in [0.05, 0.1) is 12.5 Å². The van der Waals surface area contributed by atoms with E-state index in [1.54, 1.807) is 24.3 Å². The summed E-state index contributed by atoms with van der Waals surface area (Å²) >= 11 is 0. The third kappa shape index (κ3) is 3.05. The van der Waals surface area contributed by atoms with E-state index in [1.165, 1.54) is 4.90 Å². The fraction of sp³-hybridized carbons (Fsp3) is 0.429. The number of carboxylic acids is 1. The van der Waals surface area contributed by atoms with Crippen molar-refractivity contribution in [2.75, 3.05) is 18.1 Å². The number of rotatable bonds is 5. The molecule has 1 amide bonds. The molecule has 0 spiro atoms. The number of benzene rings is 1. The Labute approximate surface area is 111 Å². The monoisotopic (exact) mass is 263 g/mol. The van der Waals surface area contributed by atoms with Gasteiger partial charge in [-0.2, -0.15) is 0 Å². The second-order valence-electron chi connectivity index (χ2n) is 4.59. The van der Waals surface area contributed by atoms with Gasteiger partial charge in [0.1, 0.15) is 5.75 Å². The SMILES string of the molecule is CCCOc1ccc(N2CC(C(=O)O)CC2=O)cc1. The number of ether oxygens (including phenoxy) is 1. The summed E-state index contributed by atoms with van der Waals surface area (Å²) in [5, 5.41) is 8.94. The van der Waals surface area contributed by atoms with Gasteiger partial charge in [-0.25, -0.2) is 0 Å². The molecule has 5 heteroatoms. The number of carboxylic acid groups (broad SMARTS) is 1. The van der Waals surface area contributed by atoms with Crippen LogP contribution in [0.2, 0.25) is 0 Å². The summed E-state index contributed by atoms with van der Waals surface area (Å²) in [7, 11) is 0. The predicted octanol–water partition coefficient (Wildman–Crippen LogP) is 1.91. The lowest BCUT2D eigenvalue weighted by molar-refractivity contribution is -0.141. The van der Waals surface area contributed by atoms with Gasteiger partial charge in [-0.15, -0.1) is 0 Å². The lowest BCUT2D eigenvalue weighted by Crippen LogP contribution is -2.25. The van der Waals surface area contributed by atoms with Gasteiger partial charge in [-0.05, 0) is 30.7 Å². The quantitative estimate of drug-likeness (QED) is 0.881. The molecule has 0 saturated carbocycles. The van der Waals surface area contributed by atoms with Crippen molar-refractivity contribution in [1.29, 1.82) is 0 Å². The Morgan fingerprint density at radius 2 is 2.11 bits per heavy atom. The van der Waals surface area contributed by atoms with Crippen LogP contribution >= 0.6 is 0 Å². The first-order valence-electron chi connectivity index (χ1n) is 6.38. The van der Waals surface area contributed by atoms with Crippen molar-refractivity contribution in [3.8, 4) is 5.75 Å². The van der Waals surface area contributed by atoms with Crippen molar-refractivity contribution < 1.29 is 19.4 Å². The van der Waals surface area contributed by atoms with Crippen molar-refractivity contribution in [3.63, 3.8) is 0 Å². The molecular formula is C14H17NO4. The summed E-state index contributed by atoms with van der Waals surface area (Å²) in [4.78, 5) is 24.2. The van der Waals surface area contributed by atoms with E-state index in [2.05, 4.69) is 0 Å². The topological polar surface area (TPSA) is 66.8 Å². The average molecular weight is 263 g/mol. The van der Waals surface area contributed by atoms with Crippen LogP contribution in [0.3, 0.4) is 0 Å². The Morgan fingerprint density at radius 3 is 2.63 bits per heavy atom. The van der Waals surface area contributed by atoms with Crippen LogP contribution < -0.4 is 9.64 Å². The molecule has 1 saturated heterocycles. The first kappa shape index (κ1) is 13.4. The van der Waals surface area contributed by atoms with Crippen LogP contribution in [0, 0.1) is 5.92 Å². The number of hydrogen-bond acceptors (Lipinski definition) is 3. The Morgan fingerprint density at radius 1 is 1.42 bits per heavy atom. The zero-order chi connectivity index (χ0) is 13.8. The van der Waals surface area contributed by atoms with Crippen LogP contribution in [0.15, 0.2) is 24.3 Å². The van der Waals surface area contributed by atoms with E-state index in [1.807, 2.05) is 6.92 Å². The number of carbonyl (C=O) groups is 2. The van der Waals surface area contributed by atoms with Gasteiger partial charge in [-0.1, -0.05) is 6.92 Å². The Balaban J connectivity index is 2.06. The molecule has 102 valence electrons. The van der Waals surface area contributed by atoms with E-state index in [-0.39, 0.29) is 18.9 Å². The molecule has 1 aliphatic heterocycles.